The first-order valence-electron chi connectivity index (χ1n) is 7.28. The van der Waals surface area contributed by atoms with Crippen LogP contribution in [0.2, 0.25) is 0 Å². The first-order valence-corrected chi connectivity index (χ1v) is 7.28. The van der Waals surface area contributed by atoms with E-state index in [4.69, 9.17) is 0 Å². The summed E-state index contributed by atoms with van der Waals surface area (Å²) in [7, 11) is 0. The average Bonchev–Trinajstić information content (AvgIpc) is 2.49. The molecule has 0 spiro atoms. The number of aryl methyl sites for hydroxylation is 3. The Morgan fingerprint density at radius 3 is 1.70 bits per heavy atom. The Labute approximate surface area is 120 Å². The highest BCUT2D eigenvalue weighted by Crippen LogP contribution is 2.42. The third-order valence-corrected chi connectivity index (χ3v) is 3.87. The van der Waals surface area contributed by atoms with Gasteiger partial charge >= 0.3 is 0 Å². The van der Waals surface area contributed by atoms with Crippen molar-refractivity contribution < 1.29 is 10.2 Å². The SMILES string of the molecule is CCc1cccc(CC)c1-c1c(CC)ccc(O)c1O. The number of hydrogen-bond acceptors (Lipinski definition) is 2. The highest BCUT2D eigenvalue weighted by atomic mass is 16.3. The summed E-state index contributed by atoms with van der Waals surface area (Å²) in [5.74, 6) is -0.0508. The molecule has 2 rings (SSSR count). The quantitative estimate of drug-likeness (QED) is 0.806. The maximum absolute atomic E-state index is 10.4. The van der Waals surface area contributed by atoms with Crippen molar-refractivity contribution in [2.45, 2.75) is 40.0 Å². The Morgan fingerprint density at radius 1 is 0.700 bits per heavy atom. The van der Waals surface area contributed by atoms with E-state index in [1.54, 1.807) is 6.07 Å². The molecule has 2 aromatic carbocycles. The highest BCUT2D eigenvalue weighted by molar-refractivity contribution is 5.81. The largest absolute Gasteiger partial charge is 0.504 e. The maximum atomic E-state index is 10.4. The minimum atomic E-state index is -0.0508. The summed E-state index contributed by atoms with van der Waals surface area (Å²) in [5.41, 5.74) is 5.36. The lowest BCUT2D eigenvalue weighted by molar-refractivity contribution is 0.404. The molecule has 0 unspecified atom stereocenters. The van der Waals surface area contributed by atoms with Crippen LogP contribution in [0.25, 0.3) is 11.1 Å². The fourth-order valence-corrected chi connectivity index (χ4v) is 2.76. The molecular weight excluding hydrogens is 248 g/mol. The van der Waals surface area contributed by atoms with Crippen molar-refractivity contribution in [2.24, 2.45) is 0 Å². The van der Waals surface area contributed by atoms with Crippen LogP contribution >= 0.6 is 0 Å². The summed E-state index contributed by atoms with van der Waals surface area (Å²) < 4.78 is 0. The van der Waals surface area contributed by atoms with E-state index in [0.29, 0.717) is 0 Å². The smallest absolute Gasteiger partial charge is 0.165 e. The molecule has 2 heteroatoms. The van der Waals surface area contributed by atoms with E-state index >= 15 is 0 Å². The fourth-order valence-electron chi connectivity index (χ4n) is 2.76. The number of phenols is 2. The third kappa shape index (κ3) is 2.38. The molecule has 0 saturated heterocycles. The van der Waals surface area contributed by atoms with Gasteiger partial charge in [0, 0.05) is 5.56 Å². The molecule has 0 radical (unpaired) electrons. The van der Waals surface area contributed by atoms with Gasteiger partial charge in [0.2, 0.25) is 0 Å². The first-order chi connectivity index (χ1) is 9.63. The van der Waals surface area contributed by atoms with Gasteiger partial charge in [0.1, 0.15) is 0 Å². The Kier molecular flexibility index (Phi) is 4.33. The average molecular weight is 270 g/mol. The second-order valence-electron chi connectivity index (χ2n) is 4.98. The molecular formula is C18H22O2. The van der Waals surface area contributed by atoms with E-state index < -0.39 is 0 Å². The van der Waals surface area contributed by atoms with Crippen LogP contribution in [0.15, 0.2) is 30.3 Å². The Morgan fingerprint density at radius 2 is 1.20 bits per heavy atom. The van der Waals surface area contributed by atoms with Crippen molar-refractivity contribution in [3.63, 3.8) is 0 Å². The van der Waals surface area contributed by atoms with E-state index in [9.17, 15) is 10.2 Å². The zero-order valence-corrected chi connectivity index (χ0v) is 12.4. The number of aromatic hydroxyl groups is 2. The normalized spacial score (nSPS) is 10.8. The summed E-state index contributed by atoms with van der Waals surface area (Å²) in [6, 6.07) is 9.72. The molecule has 0 aromatic heterocycles. The van der Waals surface area contributed by atoms with Gasteiger partial charge in [-0.05, 0) is 47.6 Å². The van der Waals surface area contributed by atoms with Crippen LogP contribution in [0.1, 0.15) is 37.5 Å². The Bertz CT molecular complexity index is 593. The molecule has 2 aromatic rings. The molecule has 0 aliphatic carbocycles. The molecule has 0 atom stereocenters. The predicted octanol–water partition coefficient (Wildman–Crippen LogP) is 4.45. The van der Waals surface area contributed by atoms with Gasteiger partial charge in [-0.3, -0.25) is 0 Å². The van der Waals surface area contributed by atoms with Crippen molar-refractivity contribution in [1.29, 1.82) is 0 Å². The Balaban J connectivity index is 2.83. The molecule has 0 saturated carbocycles. The summed E-state index contributed by atoms with van der Waals surface area (Å²) >= 11 is 0. The van der Waals surface area contributed by atoms with Crippen LogP contribution in [0.3, 0.4) is 0 Å². The number of benzene rings is 2. The summed E-state index contributed by atoms with van der Waals surface area (Å²) in [5, 5.41) is 20.2. The molecule has 2 N–H and O–H groups in total. The first kappa shape index (κ1) is 14.4. The second kappa shape index (κ2) is 6.00. The molecule has 2 nitrogen and oxygen atoms in total. The lowest BCUT2D eigenvalue weighted by Gasteiger charge is -2.18. The van der Waals surface area contributed by atoms with E-state index in [-0.39, 0.29) is 11.5 Å². The monoisotopic (exact) mass is 270 g/mol. The second-order valence-corrected chi connectivity index (χ2v) is 4.98. The predicted molar refractivity (Wildman–Crippen MR) is 83.3 cm³/mol. The number of phenolic OH excluding ortho intramolecular Hbond substituents is 2. The molecule has 0 amide bonds. The minimum Gasteiger partial charge on any atom is -0.504 e. The highest BCUT2D eigenvalue weighted by Gasteiger charge is 2.18. The molecule has 0 fully saturated rings. The summed E-state index contributed by atoms with van der Waals surface area (Å²) in [6.45, 7) is 6.29. The van der Waals surface area contributed by atoms with Gasteiger partial charge in [0.25, 0.3) is 0 Å². The maximum Gasteiger partial charge on any atom is 0.165 e. The fraction of sp³-hybridized carbons (Fsp3) is 0.333. The summed E-state index contributed by atoms with van der Waals surface area (Å²) in [6.07, 6.45) is 2.63. The zero-order chi connectivity index (χ0) is 14.7. The van der Waals surface area contributed by atoms with Crippen LogP contribution in [0, 0.1) is 0 Å². The molecule has 20 heavy (non-hydrogen) atoms. The van der Waals surface area contributed by atoms with Gasteiger partial charge < -0.3 is 10.2 Å². The zero-order valence-electron chi connectivity index (χ0n) is 12.4. The van der Waals surface area contributed by atoms with Crippen molar-refractivity contribution in [3.05, 3.63) is 47.0 Å². The van der Waals surface area contributed by atoms with Gasteiger partial charge in [0.15, 0.2) is 11.5 Å². The number of hydrogen-bond donors (Lipinski definition) is 2. The summed E-state index contributed by atoms with van der Waals surface area (Å²) in [4.78, 5) is 0. The van der Waals surface area contributed by atoms with Gasteiger partial charge in [-0.15, -0.1) is 0 Å². The molecule has 0 bridgehead atoms. The number of rotatable bonds is 4. The molecule has 106 valence electrons. The van der Waals surface area contributed by atoms with Gasteiger partial charge in [-0.25, -0.2) is 0 Å². The third-order valence-electron chi connectivity index (χ3n) is 3.87. The van der Waals surface area contributed by atoms with Crippen molar-refractivity contribution >= 4 is 0 Å². The Hall–Kier alpha value is -1.96. The van der Waals surface area contributed by atoms with Gasteiger partial charge in [-0.1, -0.05) is 45.0 Å². The molecule has 0 aliphatic rings. The van der Waals surface area contributed by atoms with E-state index in [1.807, 2.05) is 6.07 Å². The van der Waals surface area contributed by atoms with Crippen LogP contribution in [-0.4, -0.2) is 10.2 Å². The minimum absolute atomic E-state index is 0.0000463. The van der Waals surface area contributed by atoms with E-state index in [0.717, 1.165) is 36.0 Å². The topological polar surface area (TPSA) is 40.5 Å². The van der Waals surface area contributed by atoms with Crippen molar-refractivity contribution in [2.75, 3.05) is 0 Å². The van der Waals surface area contributed by atoms with Crippen LogP contribution in [-0.2, 0) is 19.3 Å². The van der Waals surface area contributed by atoms with E-state index in [2.05, 4.69) is 39.0 Å². The van der Waals surface area contributed by atoms with Crippen molar-refractivity contribution in [3.8, 4) is 22.6 Å². The standard InChI is InChI=1S/C18H22O2/c1-4-12-8-7-9-13(5-2)16(12)17-14(6-3)10-11-15(19)18(17)20/h7-11,19-20H,4-6H2,1-3H3. The lowest BCUT2D eigenvalue weighted by Crippen LogP contribution is -1.98. The van der Waals surface area contributed by atoms with Crippen LogP contribution in [0.5, 0.6) is 11.5 Å². The van der Waals surface area contributed by atoms with E-state index in [1.165, 1.54) is 11.1 Å². The molecule has 0 heterocycles. The van der Waals surface area contributed by atoms with Crippen LogP contribution < -0.4 is 0 Å². The van der Waals surface area contributed by atoms with Crippen molar-refractivity contribution in [1.82, 2.24) is 0 Å². The van der Waals surface area contributed by atoms with Gasteiger partial charge in [-0.2, -0.15) is 0 Å². The lowest BCUT2D eigenvalue weighted by atomic mass is 9.87. The molecule has 0 aliphatic heterocycles. The van der Waals surface area contributed by atoms with Crippen LogP contribution in [0.4, 0.5) is 0 Å². The van der Waals surface area contributed by atoms with Gasteiger partial charge in [0.05, 0.1) is 0 Å².